The number of furan rings is 1. The Bertz CT molecular complexity index is 649. The van der Waals surface area contributed by atoms with Gasteiger partial charge in [-0.25, -0.2) is 13.1 Å². The molecule has 0 fully saturated rings. The normalized spacial score (nSPS) is 13.2. The second kappa shape index (κ2) is 6.89. The topological polar surface area (TPSA) is 71.3 Å². The van der Waals surface area contributed by atoms with Crippen molar-refractivity contribution < 1.29 is 12.8 Å². The molecular formula is C15H20N2O3S. The van der Waals surface area contributed by atoms with Crippen LogP contribution in [0.3, 0.4) is 0 Å². The Morgan fingerprint density at radius 1 is 1.19 bits per heavy atom. The molecule has 0 aliphatic carbocycles. The van der Waals surface area contributed by atoms with Crippen molar-refractivity contribution in [2.75, 3.05) is 6.54 Å². The zero-order chi connectivity index (χ0) is 15.3. The van der Waals surface area contributed by atoms with Crippen molar-refractivity contribution in [1.82, 2.24) is 10.0 Å². The van der Waals surface area contributed by atoms with E-state index in [0.29, 0.717) is 5.76 Å². The summed E-state index contributed by atoms with van der Waals surface area (Å²) >= 11 is 0. The predicted octanol–water partition coefficient (Wildman–Crippen LogP) is 2.43. The van der Waals surface area contributed by atoms with Crippen LogP contribution >= 0.6 is 0 Å². The quantitative estimate of drug-likeness (QED) is 0.824. The van der Waals surface area contributed by atoms with Gasteiger partial charge >= 0.3 is 0 Å². The monoisotopic (exact) mass is 308 g/mol. The summed E-state index contributed by atoms with van der Waals surface area (Å²) in [4.78, 5) is 0.251. The van der Waals surface area contributed by atoms with E-state index in [2.05, 4.69) is 10.0 Å². The molecule has 1 unspecified atom stereocenters. The van der Waals surface area contributed by atoms with Crippen LogP contribution in [-0.4, -0.2) is 15.0 Å². The molecule has 1 heterocycles. The molecule has 21 heavy (non-hydrogen) atoms. The summed E-state index contributed by atoms with van der Waals surface area (Å²) in [5.74, 6) is 0.586. The van der Waals surface area contributed by atoms with Crippen LogP contribution in [0.2, 0.25) is 0 Å². The highest BCUT2D eigenvalue weighted by Crippen LogP contribution is 2.17. The molecule has 0 bridgehead atoms. The number of hydrogen-bond acceptors (Lipinski definition) is 4. The maximum absolute atomic E-state index is 12.3. The molecule has 0 radical (unpaired) electrons. The first-order valence-electron chi connectivity index (χ1n) is 6.88. The van der Waals surface area contributed by atoms with Gasteiger partial charge in [-0.3, -0.25) is 0 Å². The lowest BCUT2D eigenvalue weighted by Gasteiger charge is -2.12. The van der Waals surface area contributed by atoms with E-state index in [4.69, 9.17) is 4.42 Å². The van der Waals surface area contributed by atoms with Gasteiger partial charge in [-0.2, -0.15) is 0 Å². The highest BCUT2D eigenvalue weighted by molar-refractivity contribution is 7.89. The van der Waals surface area contributed by atoms with E-state index in [1.54, 1.807) is 31.2 Å². The van der Waals surface area contributed by atoms with Gasteiger partial charge in [0.1, 0.15) is 5.76 Å². The smallest absolute Gasteiger partial charge is 0.241 e. The van der Waals surface area contributed by atoms with Gasteiger partial charge < -0.3 is 9.73 Å². The minimum Gasteiger partial charge on any atom is -0.468 e. The molecule has 1 atom stereocenters. The molecule has 0 aliphatic heterocycles. The predicted molar refractivity (Wildman–Crippen MR) is 81.3 cm³/mol. The number of nitrogens with one attached hydrogen (secondary N) is 2. The van der Waals surface area contributed by atoms with E-state index in [-0.39, 0.29) is 4.90 Å². The number of benzene rings is 1. The molecular weight excluding hydrogens is 288 g/mol. The van der Waals surface area contributed by atoms with Gasteiger partial charge in [-0.1, -0.05) is 19.1 Å². The van der Waals surface area contributed by atoms with Gasteiger partial charge in [0.05, 0.1) is 17.2 Å². The lowest BCUT2D eigenvalue weighted by Crippen LogP contribution is -2.26. The van der Waals surface area contributed by atoms with Crippen molar-refractivity contribution in [1.29, 1.82) is 0 Å². The third-order valence-corrected chi connectivity index (χ3v) is 4.67. The van der Waals surface area contributed by atoms with Crippen LogP contribution in [0.4, 0.5) is 0 Å². The molecule has 0 spiro atoms. The molecule has 1 aromatic heterocycles. The molecule has 5 nitrogen and oxygen atoms in total. The number of rotatable bonds is 7. The van der Waals surface area contributed by atoms with Gasteiger partial charge in [0.15, 0.2) is 0 Å². The molecule has 0 aliphatic rings. The Kier molecular flexibility index (Phi) is 5.17. The molecule has 0 amide bonds. The lowest BCUT2D eigenvalue weighted by atomic mass is 10.2. The Balaban J connectivity index is 2.08. The summed E-state index contributed by atoms with van der Waals surface area (Å²) in [6, 6.07) is 9.92. The zero-order valence-corrected chi connectivity index (χ0v) is 13.0. The fourth-order valence-corrected chi connectivity index (χ4v) is 3.16. The fraction of sp³-hybridized carbons (Fsp3) is 0.333. The first-order valence-corrected chi connectivity index (χ1v) is 8.36. The van der Waals surface area contributed by atoms with E-state index < -0.39 is 16.1 Å². The van der Waals surface area contributed by atoms with E-state index in [0.717, 1.165) is 18.7 Å². The number of sulfonamides is 1. The van der Waals surface area contributed by atoms with E-state index in [1.165, 1.54) is 6.26 Å². The first kappa shape index (κ1) is 15.8. The third-order valence-electron chi connectivity index (χ3n) is 3.11. The van der Waals surface area contributed by atoms with E-state index in [1.807, 2.05) is 19.1 Å². The van der Waals surface area contributed by atoms with Gasteiger partial charge in [0.2, 0.25) is 10.0 Å². The van der Waals surface area contributed by atoms with Crippen molar-refractivity contribution in [3.8, 4) is 0 Å². The Labute approximate surface area is 125 Å². The first-order chi connectivity index (χ1) is 10.0. The van der Waals surface area contributed by atoms with Crippen molar-refractivity contribution in [2.24, 2.45) is 0 Å². The Morgan fingerprint density at radius 2 is 1.90 bits per heavy atom. The van der Waals surface area contributed by atoms with Crippen LogP contribution in [0.15, 0.2) is 52.0 Å². The molecule has 6 heteroatoms. The van der Waals surface area contributed by atoms with E-state index in [9.17, 15) is 8.42 Å². The van der Waals surface area contributed by atoms with Crippen LogP contribution in [0.25, 0.3) is 0 Å². The average Bonchev–Trinajstić information content (AvgIpc) is 2.99. The molecule has 0 saturated heterocycles. The van der Waals surface area contributed by atoms with Crippen LogP contribution in [-0.2, 0) is 16.6 Å². The lowest BCUT2D eigenvalue weighted by molar-refractivity contribution is 0.459. The largest absolute Gasteiger partial charge is 0.468 e. The van der Waals surface area contributed by atoms with Crippen molar-refractivity contribution >= 4 is 10.0 Å². The molecule has 1 aromatic carbocycles. The summed E-state index contributed by atoms with van der Waals surface area (Å²) in [7, 11) is -3.55. The van der Waals surface area contributed by atoms with Crippen LogP contribution in [0, 0.1) is 0 Å². The second-order valence-corrected chi connectivity index (χ2v) is 6.50. The minimum absolute atomic E-state index is 0.251. The van der Waals surface area contributed by atoms with Gasteiger partial charge in [0, 0.05) is 6.54 Å². The molecule has 2 aromatic rings. The van der Waals surface area contributed by atoms with Gasteiger partial charge in [-0.15, -0.1) is 0 Å². The van der Waals surface area contributed by atoms with Crippen molar-refractivity contribution in [3.05, 3.63) is 54.0 Å². The fourth-order valence-electron chi connectivity index (χ4n) is 1.95. The third kappa shape index (κ3) is 4.17. The standard InChI is InChI=1S/C15H20N2O3S/c1-3-16-11-13-6-8-14(9-7-13)21(18,19)17-12(2)15-5-4-10-20-15/h4-10,12,16-17H,3,11H2,1-2H3. The molecule has 2 N–H and O–H groups in total. The minimum atomic E-state index is -3.55. The summed E-state index contributed by atoms with van der Waals surface area (Å²) in [6.45, 7) is 5.38. The zero-order valence-electron chi connectivity index (χ0n) is 12.2. The maximum Gasteiger partial charge on any atom is 0.241 e. The van der Waals surface area contributed by atoms with Gasteiger partial charge in [0.25, 0.3) is 0 Å². The summed E-state index contributed by atoms with van der Waals surface area (Å²) in [6.07, 6.45) is 1.52. The summed E-state index contributed by atoms with van der Waals surface area (Å²) in [5, 5.41) is 3.20. The highest BCUT2D eigenvalue weighted by Gasteiger charge is 2.19. The molecule has 2 rings (SSSR count). The maximum atomic E-state index is 12.3. The second-order valence-electron chi connectivity index (χ2n) is 4.78. The Morgan fingerprint density at radius 3 is 2.48 bits per heavy atom. The Hall–Kier alpha value is -1.63. The van der Waals surface area contributed by atoms with Crippen LogP contribution < -0.4 is 10.0 Å². The molecule has 0 saturated carbocycles. The van der Waals surface area contributed by atoms with E-state index >= 15 is 0 Å². The van der Waals surface area contributed by atoms with Gasteiger partial charge in [-0.05, 0) is 43.3 Å². The average molecular weight is 308 g/mol. The number of hydrogen-bond donors (Lipinski definition) is 2. The van der Waals surface area contributed by atoms with Crippen molar-refractivity contribution in [3.63, 3.8) is 0 Å². The molecule has 114 valence electrons. The van der Waals surface area contributed by atoms with Crippen LogP contribution in [0.5, 0.6) is 0 Å². The summed E-state index contributed by atoms with van der Waals surface area (Å²) < 4.78 is 32.4. The summed E-state index contributed by atoms with van der Waals surface area (Å²) in [5.41, 5.74) is 1.05. The van der Waals surface area contributed by atoms with Crippen LogP contribution in [0.1, 0.15) is 31.2 Å². The SMILES string of the molecule is CCNCc1ccc(S(=O)(=O)NC(C)c2ccco2)cc1. The van der Waals surface area contributed by atoms with Crippen molar-refractivity contribution in [2.45, 2.75) is 31.3 Å². The highest BCUT2D eigenvalue weighted by atomic mass is 32.2.